The highest BCUT2D eigenvalue weighted by molar-refractivity contribution is 5.82. The molecule has 86 valence electrons. The van der Waals surface area contributed by atoms with E-state index in [1.54, 1.807) is 0 Å². The molecule has 1 aliphatic rings. The fraction of sp³-hybridized carbons (Fsp3) is 0.800. The van der Waals surface area contributed by atoms with E-state index in [1.807, 2.05) is 6.92 Å². The number of nitrogens with zero attached hydrogens (tertiary/aromatic N) is 1. The Morgan fingerprint density at radius 1 is 1.53 bits per heavy atom. The van der Waals surface area contributed by atoms with Gasteiger partial charge >= 0.3 is 5.97 Å². The summed E-state index contributed by atoms with van der Waals surface area (Å²) in [7, 11) is 0. The predicted octanol–water partition coefficient (Wildman–Crippen LogP) is 0.189. The summed E-state index contributed by atoms with van der Waals surface area (Å²) in [6, 6.07) is -0.0230. The number of carboxylic acid groups (broad SMARTS) is 1. The maximum absolute atomic E-state index is 11.7. The van der Waals surface area contributed by atoms with Crippen molar-refractivity contribution < 1.29 is 14.7 Å². The van der Waals surface area contributed by atoms with Crippen LogP contribution in [0.3, 0.4) is 0 Å². The Bertz CT molecular complexity index is 251. The highest BCUT2D eigenvalue weighted by Crippen LogP contribution is 2.27. The second kappa shape index (κ2) is 5.11. The monoisotopic (exact) mass is 214 g/mol. The van der Waals surface area contributed by atoms with Gasteiger partial charge in [0, 0.05) is 18.5 Å². The van der Waals surface area contributed by atoms with Crippen LogP contribution < -0.4 is 5.73 Å². The fourth-order valence-corrected chi connectivity index (χ4v) is 1.44. The minimum atomic E-state index is -0.958. The molecule has 0 aromatic rings. The smallest absolute Gasteiger partial charge is 0.323 e. The van der Waals surface area contributed by atoms with Gasteiger partial charge in [0.1, 0.15) is 6.54 Å². The molecular formula is C10H18N2O3. The van der Waals surface area contributed by atoms with E-state index in [0.29, 0.717) is 0 Å². The molecule has 1 fully saturated rings. The third kappa shape index (κ3) is 3.87. The Balaban J connectivity index is 2.47. The summed E-state index contributed by atoms with van der Waals surface area (Å²) in [5.41, 5.74) is 5.67. The van der Waals surface area contributed by atoms with E-state index >= 15 is 0 Å². The maximum atomic E-state index is 11.7. The highest BCUT2D eigenvalue weighted by Gasteiger charge is 2.33. The second-order valence-electron chi connectivity index (χ2n) is 4.02. The Morgan fingerprint density at radius 3 is 2.53 bits per heavy atom. The van der Waals surface area contributed by atoms with Gasteiger partial charge in [-0.25, -0.2) is 0 Å². The summed E-state index contributed by atoms with van der Waals surface area (Å²) in [6.45, 7) is 1.72. The zero-order chi connectivity index (χ0) is 11.4. The average molecular weight is 214 g/mol. The van der Waals surface area contributed by atoms with Crippen LogP contribution in [0.2, 0.25) is 0 Å². The molecule has 15 heavy (non-hydrogen) atoms. The first-order valence-corrected chi connectivity index (χ1v) is 5.31. The van der Waals surface area contributed by atoms with Crippen LogP contribution in [0.4, 0.5) is 0 Å². The first-order chi connectivity index (χ1) is 7.04. The molecule has 0 heterocycles. The number of hydrogen-bond donors (Lipinski definition) is 2. The number of carboxylic acids is 1. The minimum absolute atomic E-state index is 0.130. The third-order valence-corrected chi connectivity index (χ3v) is 2.57. The van der Waals surface area contributed by atoms with Crippen LogP contribution >= 0.6 is 0 Å². The van der Waals surface area contributed by atoms with Crippen LogP contribution in [0.5, 0.6) is 0 Å². The molecule has 0 aliphatic heterocycles. The maximum Gasteiger partial charge on any atom is 0.323 e. The topological polar surface area (TPSA) is 83.6 Å². The van der Waals surface area contributed by atoms with Crippen molar-refractivity contribution in [3.63, 3.8) is 0 Å². The number of carbonyl (C=O) groups is 2. The van der Waals surface area contributed by atoms with E-state index in [4.69, 9.17) is 10.8 Å². The second-order valence-corrected chi connectivity index (χ2v) is 4.02. The van der Waals surface area contributed by atoms with Gasteiger partial charge in [0.25, 0.3) is 0 Å². The van der Waals surface area contributed by atoms with Gasteiger partial charge in [0.05, 0.1) is 0 Å². The van der Waals surface area contributed by atoms with Gasteiger partial charge in [0.15, 0.2) is 0 Å². The third-order valence-electron chi connectivity index (χ3n) is 2.57. The molecule has 1 aliphatic carbocycles. The minimum Gasteiger partial charge on any atom is -0.480 e. The van der Waals surface area contributed by atoms with E-state index < -0.39 is 5.97 Å². The van der Waals surface area contributed by atoms with Crippen LogP contribution in [0, 0.1) is 0 Å². The molecule has 0 spiro atoms. The number of carbonyl (C=O) groups excluding carboxylic acids is 1. The summed E-state index contributed by atoms with van der Waals surface area (Å²) in [4.78, 5) is 23.7. The molecule has 1 rings (SSSR count). The first-order valence-electron chi connectivity index (χ1n) is 5.31. The summed E-state index contributed by atoms with van der Waals surface area (Å²) in [5, 5.41) is 8.68. The van der Waals surface area contributed by atoms with Crippen molar-refractivity contribution in [1.82, 2.24) is 4.90 Å². The molecule has 0 aromatic heterocycles. The average Bonchev–Trinajstić information content (AvgIpc) is 2.96. The molecule has 0 aromatic carbocycles. The molecule has 0 saturated heterocycles. The van der Waals surface area contributed by atoms with Crippen molar-refractivity contribution in [1.29, 1.82) is 0 Å². The van der Waals surface area contributed by atoms with Crippen LogP contribution in [0.25, 0.3) is 0 Å². The lowest BCUT2D eigenvalue weighted by atomic mass is 10.1. The van der Waals surface area contributed by atoms with Crippen molar-refractivity contribution in [3.8, 4) is 0 Å². The van der Waals surface area contributed by atoms with Crippen LogP contribution in [-0.4, -0.2) is 40.5 Å². The SMILES string of the molecule is CCC(N)CC(=O)N(CC(=O)O)C1CC1. The standard InChI is InChI=1S/C10H18N2O3/c1-2-7(11)5-9(13)12(6-10(14)15)8-3-4-8/h7-8H,2-6,11H2,1H3,(H,14,15). The Morgan fingerprint density at radius 2 is 2.13 bits per heavy atom. The Kier molecular flexibility index (Phi) is 4.08. The number of amides is 1. The van der Waals surface area contributed by atoms with E-state index in [2.05, 4.69) is 0 Å². The predicted molar refractivity (Wildman–Crippen MR) is 55.3 cm³/mol. The quantitative estimate of drug-likeness (QED) is 0.661. The van der Waals surface area contributed by atoms with E-state index in [0.717, 1.165) is 19.3 Å². The lowest BCUT2D eigenvalue weighted by molar-refractivity contribution is -0.145. The van der Waals surface area contributed by atoms with E-state index in [9.17, 15) is 9.59 Å². The molecule has 5 nitrogen and oxygen atoms in total. The fourth-order valence-electron chi connectivity index (χ4n) is 1.44. The zero-order valence-corrected chi connectivity index (χ0v) is 8.98. The van der Waals surface area contributed by atoms with Gasteiger partial charge in [-0.1, -0.05) is 6.92 Å². The molecular weight excluding hydrogens is 196 g/mol. The van der Waals surface area contributed by atoms with Gasteiger partial charge in [0.2, 0.25) is 5.91 Å². The molecule has 1 atom stereocenters. The van der Waals surface area contributed by atoms with Crippen LogP contribution in [0.15, 0.2) is 0 Å². The van der Waals surface area contributed by atoms with Crippen molar-refractivity contribution in [2.45, 2.75) is 44.7 Å². The van der Waals surface area contributed by atoms with E-state index in [-0.39, 0.29) is 31.0 Å². The number of hydrogen-bond acceptors (Lipinski definition) is 3. The lowest BCUT2D eigenvalue weighted by Crippen LogP contribution is -2.40. The van der Waals surface area contributed by atoms with Gasteiger partial charge < -0.3 is 15.7 Å². The van der Waals surface area contributed by atoms with Gasteiger partial charge in [-0.2, -0.15) is 0 Å². The van der Waals surface area contributed by atoms with Crippen LogP contribution in [-0.2, 0) is 9.59 Å². The van der Waals surface area contributed by atoms with Crippen molar-refractivity contribution in [3.05, 3.63) is 0 Å². The number of aliphatic carboxylic acids is 1. The van der Waals surface area contributed by atoms with Gasteiger partial charge in [-0.15, -0.1) is 0 Å². The number of nitrogens with two attached hydrogens (primary N) is 1. The van der Waals surface area contributed by atoms with Crippen molar-refractivity contribution >= 4 is 11.9 Å². The first kappa shape index (κ1) is 12.0. The summed E-state index contributed by atoms with van der Waals surface area (Å²) in [5.74, 6) is -1.09. The van der Waals surface area contributed by atoms with Gasteiger partial charge in [-0.3, -0.25) is 9.59 Å². The summed E-state index contributed by atoms with van der Waals surface area (Å²) < 4.78 is 0. The molecule has 0 radical (unpaired) electrons. The molecule has 1 amide bonds. The largest absolute Gasteiger partial charge is 0.480 e. The normalized spacial score (nSPS) is 17.2. The Hall–Kier alpha value is -1.10. The van der Waals surface area contributed by atoms with Crippen molar-refractivity contribution in [2.24, 2.45) is 5.73 Å². The van der Waals surface area contributed by atoms with Gasteiger partial charge in [-0.05, 0) is 19.3 Å². The summed E-state index contributed by atoms with van der Waals surface area (Å²) >= 11 is 0. The molecule has 5 heteroatoms. The van der Waals surface area contributed by atoms with Crippen LogP contribution in [0.1, 0.15) is 32.6 Å². The zero-order valence-electron chi connectivity index (χ0n) is 8.98. The van der Waals surface area contributed by atoms with Crippen molar-refractivity contribution in [2.75, 3.05) is 6.54 Å². The van der Waals surface area contributed by atoms with E-state index in [1.165, 1.54) is 4.90 Å². The Labute approximate surface area is 89.2 Å². The highest BCUT2D eigenvalue weighted by atomic mass is 16.4. The number of rotatable bonds is 6. The molecule has 1 saturated carbocycles. The lowest BCUT2D eigenvalue weighted by Gasteiger charge is -2.21. The summed E-state index contributed by atoms with van der Waals surface area (Å²) in [6.07, 6.45) is 2.82. The molecule has 0 bridgehead atoms. The molecule has 3 N–H and O–H groups in total. The molecule has 1 unspecified atom stereocenters.